The lowest BCUT2D eigenvalue weighted by Gasteiger charge is -2.22. The van der Waals surface area contributed by atoms with Crippen LogP contribution in [0.3, 0.4) is 0 Å². The molecule has 1 saturated heterocycles. The molecule has 1 aliphatic rings. The van der Waals surface area contributed by atoms with Gasteiger partial charge in [-0.15, -0.1) is 0 Å². The van der Waals surface area contributed by atoms with Gasteiger partial charge < -0.3 is 10.7 Å². The molecule has 3 nitrogen and oxygen atoms in total. The zero-order valence-corrected chi connectivity index (χ0v) is 9.72. The van der Waals surface area contributed by atoms with E-state index < -0.39 is 6.17 Å². The number of halogens is 1. The van der Waals surface area contributed by atoms with E-state index in [1.165, 1.54) is 0 Å². The minimum atomic E-state index is -0.674. The molecule has 0 saturated carbocycles. The average molecular weight is 215 g/mol. The molecule has 0 aromatic rings. The number of hydrogen-bond donors (Lipinski definition) is 2. The van der Waals surface area contributed by atoms with Gasteiger partial charge in [0.15, 0.2) is 0 Å². The number of hydrazone groups is 1. The molecule has 1 heterocycles. The van der Waals surface area contributed by atoms with Crippen LogP contribution in [-0.4, -0.2) is 31.0 Å². The summed E-state index contributed by atoms with van der Waals surface area (Å²) in [6.45, 7) is 5.39. The zero-order chi connectivity index (χ0) is 11.1. The molecule has 15 heavy (non-hydrogen) atoms. The molecule has 0 bridgehead atoms. The van der Waals surface area contributed by atoms with E-state index in [2.05, 4.69) is 22.8 Å². The monoisotopic (exact) mass is 215 g/mol. The van der Waals surface area contributed by atoms with E-state index in [1.54, 1.807) is 0 Å². The maximum Gasteiger partial charge on any atom is 0.112 e. The highest BCUT2D eigenvalue weighted by atomic mass is 19.1. The summed E-state index contributed by atoms with van der Waals surface area (Å²) >= 11 is 0. The van der Waals surface area contributed by atoms with Crippen LogP contribution in [0.15, 0.2) is 5.10 Å². The maximum atomic E-state index is 13.0. The van der Waals surface area contributed by atoms with E-state index in [0.717, 1.165) is 31.5 Å². The van der Waals surface area contributed by atoms with Gasteiger partial charge in [-0.2, -0.15) is 5.10 Å². The highest BCUT2D eigenvalue weighted by Crippen LogP contribution is 2.09. The minimum Gasteiger partial charge on any atom is -0.312 e. The van der Waals surface area contributed by atoms with Gasteiger partial charge in [0.25, 0.3) is 0 Å². The first-order valence-electron chi connectivity index (χ1n) is 5.85. The first-order chi connectivity index (χ1) is 7.22. The Morgan fingerprint density at radius 3 is 3.00 bits per heavy atom. The van der Waals surface area contributed by atoms with Gasteiger partial charge in [-0.3, -0.25) is 0 Å². The van der Waals surface area contributed by atoms with E-state index in [1.807, 2.05) is 6.92 Å². The van der Waals surface area contributed by atoms with Crippen LogP contribution in [0.1, 0.15) is 39.5 Å². The van der Waals surface area contributed by atoms with Gasteiger partial charge in [0, 0.05) is 18.8 Å². The van der Waals surface area contributed by atoms with Crippen molar-refractivity contribution in [3.05, 3.63) is 0 Å². The number of nitrogens with zero attached hydrogens (tertiary/aromatic N) is 1. The van der Waals surface area contributed by atoms with Crippen molar-refractivity contribution in [2.24, 2.45) is 5.10 Å². The van der Waals surface area contributed by atoms with Gasteiger partial charge in [0.2, 0.25) is 0 Å². The molecule has 1 aliphatic heterocycles. The summed E-state index contributed by atoms with van der Waals surface area (Å²) in [7, 11) is 0. The fourth-order valence-corrected chi connectivity index (χ4v) is 1.59. The number of hydrogen-bond acceptors (Lipinski definition) is 3. The normalized spacial score (nSPS) is 29.4. The van der Waals surface area contributed by atoms with Crippen molar-refractivity contribution in [1.29, 1.82) is 0 Å². The molecule has 2 N–H and O–H groups in total. The Morgan fingerprint density at radius 1 is 1.47 bits per heavy atom. The van der Waals surface area contributed by atoms with Crippen molar-refractivity contribution in [3.8, 4) is 0 Å². The van der Waals surface area contributed by atoms with Crippen molar-refractivity contribution in [3.63, 3.8) is 0 Å². The molecule has 0 spiro atoms. The van der Waals surface area contributed by atoms with Gasteiger partial charge in [-0.25, -0.2) is 4.39 Å². The second-order valence-corrected chi connectivity index (χ2v) is 4.21. The van der Waals surface area contributed by atoms with Crippen molar-refractivity contribution in [2.45, 2.75) is 51.7 Å². The fourth-order valence-electron chi connectivity index (χ4n) is 1.59. The van der Waals surface area contributed by atoms with Gasteiger partial charge in [-0.05, 0) is 32.6 Å². The summed E-state index contributed by atoms with van der Waals surface area (Å²) in [6.07, 6.45) is 2.91. The summed E-state index contributed by atoms with van der Waals surface area (Å²) < 4.78 is 13.0. The van der Waals surface area contributed by atoms with Gasteiger partial charge >= 0.3 is 0 Å². The van der Waals surface area contributed by atoms with Crippen molar-refractivity contribution in [1.82, 2.24) is 10.7 Å². The first-order valence-corrected chi connectivity index (χ1v) is 5.85. The topological polar surface area (TPSA) is 36.4 Å². The molecule has 0 aromatic carbocycles. The lowest BCUT2D eigenvalue weighted by Crippen LogP contribution is -2.40. The molecule has 2 unspecified atom stereocenters. The molecule has 0 aliphatic carbocycles. The predicted octanol–water partition coefficient (Wildman–Crippen LogP) is 1.84. The average Bonchev–Trinajstić information content (AvgIpc) is 2.21. The third-order valence-corrected chi connectivity index (χ3v) is 2.78. The van der Waals surface area contributed by atoms with Crippen LogP contribution in [0.2, 0.25) is 0 Å². The molecular weight excluding hydrogens is 193 g/mol. The predicted molar refractivity (Wildman–Crippen MR) is 61.9 cm³/mol. The van der Waals surface area contributed by atoms with Gasteiger partial charge in [-0.1, -0.05) is 6.92 Å². The highest BCUT2D eigenvalue weighted by Gasteiger charge is 2.14. The Labute approximate surface area is 91.5 Å². The zero-order valence-electron chi connectivity index (χ0n) is 9.72. The number of alkyl halides is 1. The van der Waals surface area contributed by atoms with E-state index >= 15 is 0 Å². The van der Waals surface area contributed by atoms with E-state index in [0.29, 0.717) is 19.0 Å². The Balaban J connectivity index is 2.29. The number of rotatable bonds is 3. The van der Waals surface area contributed by atoms with Crippen LogP contribution < -0.4 is 10.7 Å². The van der Waals surface area contributed by atoms with Gasteiger partial charge in [0.1, 0.15) is 6.17 Å². The van der Waals surface area contributed by atoms with Crippen LogP contribution in [0, 0.1) is 0 Å². The Morgan fingerprint density at radius 2 is 2.27 bits per heavy atom. The lowest BCUT2D eigenvalue weighted by atomic mass is 10.1. The van der Waals surface area contributed by atoms with Crippen molar-refractivity contribution in [2.75, 3.05) is 13.1 Å². The molecule has 88 valence electrons. The largest absolute Gasteiger partial charge is 0.312 e. The molecule has 1 rings (SSSR count). The Hall–Kier alpha value is -0.640. The minimum absolute atomic E-state index is 0.346. The Bertz CT molecular complexity index is 196. The standard InChI is InChI=1S/C11H22FN3/c1-3-9(2)14-15-11-6-4-5-10(12)7-13-8-11/h10-11,13,15H,3-8H2,1-2H3/b14-9-. The second kappa shape index (κ2) is 6.77. The van der Waals surface area contributed by atoms with E-state index in [4.69, 9.17) is 0 Å². The van der Waals surface area contributed by atoms with Crippen molar-refractivity contribution >= 4 is 5.71 Å². The van der Waals surface area contributed by atoms with Crippen LogP contribution in [0.5, 0.6) is 0 Å². The lowest BCUT2D eigenvalue weighted by molar-refractivity contribution is 0.265. The quantitative estimate of drug-likeness (QED) is 0.557. The maximum absolute atomic E-state index is 13.0. The molecule has 0 amide bonds. The summed E-state index contributed by atoms with van der Waals surface area (Å²) in [5.41, 5.74) is 4.27. The summed E-state index contributed by atoms with van der Waals surface area (Å²) in [6, 6.07) is 0.346. The third kappa shape index (κ3) is 5.11. The van der Waals surface area contributed by atoms with Crippen LogP contribution in [0.25, 0.3) is 0 Å². The van der Waals surface area contributed by atoms with Gasteiger partial charge in [0.05, 0.1) is 6.04 Å². The summed E-state index contributed by atoms with van der Waals surface area (Å²) in [4.78, 5) is 0. The summed E-state index contributed by atoms with van der Waals surface area (Å²) in [5, 5.41) is 7.41. The molecular formula is C11H22FN3. The molecule has 0 aromatic heterocycles. The SMILES string of the molecule is CC/C(C)=N\NC1CCCC(F)CNC1. The smallest absolute Gasteiger partial charge is 0.112 e. The van der Waals surface area contributed by atoms with Crippen molar-refractivity contribution < 1.29 is 4.39 Å². The van der Waals surface area contributed by atoms with E-state index in [-0.39, 0.29) is 0 Å². The summed E-state index contributed by atoms with van der Waals surface area (Å²) in [5.74, 6) is 0. The molecule has 2 atom stereocenters. The molecule has 0 radical (unpaired) electrons. The highest BCUT2D eigenvalue weighted by molar-refractivity contribution is 5.81. The van der Waals surface area contributed by atoms with Crippen LogP contribution in [-0.2, 0) is 0 Å². The fraction of sp³-hybridized carbons (Fsp3) is 0.909. The number of nitrogens with one attached hydrogen (secondary N) is 2. The van der Waals surface area contributed by atoms with Crippen LogP contribution >= 0.6 is 0 Å². The molecule has 4 heteroatoms. The Kier molecular flexibility index (Phi) is 5.61. The third-order valence-electron chi connectivity index (χ3n) is 2.78. The molecule has 1 fully saturated rings. The van der Waals surface area contributed by atoms with Crippen LogP contribution in [0.4, 0.5) is 4.39 Å². The first kappa shape index (κ1) is 12.4. The van der Waals surface area contributed by atoms with E-state index in [9.17, 15) is 4.39 Å². The second-order valence-electron chi connectivity index (χ2n) is 4.21.